The zero-order valence-electron chi connectivity index (χ0n) is 9.00. The van der Waals surface area contributed by atoms with Gasteiger partial charge in [0.05, 0.1) is 10.0 Å². The van der Waals surface area contributed by atoms with Crippen LogP contribution in [0.5, 0.6) is 0 Å². The van der Waals surface area contributed by atoms with Crippen molar-refractivity contribution in [3.63, 3.8) is 0 Å². The number of aliphatic hydroxyl groups excluding tert-OH is 1. The lowest BCUT2D eigenvalue weighted by atomic mass is 10.0. The van der Waals surface area contributed by atoms with Crippen LogP contribution in [0.15, 0.2) is 40.9 Å². The Morgan fingerprint density at radius 1 is 1.00 bits per heavy atom. The molecule has 0 bridgehead atoms. The number of hydrogen-bond donors (Lipinski definition) is 1. The van der Waals surface area contributed by atoms with Crippen molar-refractivity contribution in [2.75, 3.05) is 0 Å². The molecule has 0 aliphatic carbocycles. The molecular weight excluding hydrogens is 342 g/mol. The first kappa shape index (κ1) is 13.8. The standard InChI is InChI=1S/C13H8BrCl2FO/c14-9-3-8(4-10(17)6-9)13(18)7-1-2-11(15)12(16)5-7/h1-6,13,18H. The molecule has 0 fully saturated rings. The number of benzene rings is 2. The maximum absolute atomic E-state index is 13.3. The van der Waals surface area contributed by atoms with Crippen molar-refractivity contribution in [3.8, 4) is 0 Å². The minimum atomic E-state index is -0.952. The molecule has 1 N–H and O–H groups in total. The zero-order valence-corrected chi connectivity index (χ0v) is 12.1. The average Bonchev–Trinajstić information content (AvgIpc) is 2.30. The molecule has 1 nitrogen and oxygen atoms in total. The first-order valence-electron chi connectivity index (χ1n) is 5.06. The highest BCUT2D eigenvalue weighted by Gasteiger charge is 2.13. The second-order valence-electron chi connectivity index (χ2n) is 3.78. The highest BCUT2D eigenvalue weighted by atomic mass is 79.9. The van der Waals surface area contributed by atoms with E-state index in [1.807, 2.05) is 0 Å². The van der Waals surface area contributed by atoms with Crippen LogP contribution in [0.1, 0.15) is 17.2 Å². The Kier molecular flexibility index (Phi) is 4.28. The maximum atomic E-state index is 13.3. The highest BCUT2D eigenvalue weighted by molar-refractivity contribution is 9.10. The maximum Gasteiger partial charge on any atom is 0.124 e. The van der Waals surface area contributed by atoms with Crippen LogP contribution in [0, 0.1) is 5.82 Å². The van der Waals surface area contributed by atoms with Gasteiger partial charge in [-0.2, -0.15) is 0 Å². The van der Waals surface area contributed by atoms with Crippen LogP contribution in [0.3, 0.4) is 0 Å². The second-order valence-corrected chi connectivity index (χ2v) is 5.51. The Bertz CT molecular complexity index is 569. The molecule has 2 aromatic rings. The molecule has 0 heterocycles. The molecule has 0 aliphatic rings. The molecule has 0 saturated carbocycles. The summed E-state index contributed by atoms with van der Waals surface area (Å²) < 4.78 is 13.8. The van der Waals surface area contributed by atoms with Crippen LogP contribution < -0.4 is 0 Å². The van der Waals surface area contributed by atoms with E-state index < -0.39 is 11.9 Å². The predicted octanol–water partition coefficient (Wildman–Crippen LogP) is 4.98. The van der Waals surface area contributed by atoms with E-state index in [9.17, 15) is 9.50 Å². The number of rotatable bonds is 2. The fraction of sp³-hybridized carbons (Fsp3) is 0.0769. The molecule has 18 heavy (non-hydrogen) atoms. The molecule has 2 aromatic carbocycles. The van der Waals surface area contributed by atoms with Gasteiger partial charge >= 0.3 is 0 Å². The smallest absolute Gasteiger partial charge is 0.124 e. The van der Waals surface area contributed by atoms with Crippen LogP contribution in [-0.2, 0) is 0 Å². The van der Waals surface area contributed by atoms with E-state index in [2.05, 4.69) is 15.9 Å². The van der Waals surface area contributed by atoms with Gasteiger partial charge in [-0.3, -0.25) is 0 Å². The van der Waals surface area contributed by atoms with E-state index in [-0.39, 0.29) is 0 Å². The summed E-state index contributed by atoms with van der Waals surface area (Å²) in [7, 11) is 0. The van der Waals surface area contributed by atoms with Crippen molar-refractivity contribution >= 4 is 39.1 Å². The molecule has 0 spiro atoms. The molecule has 0 radical (unpaired) electrons. The summed E-state index contributed by atoms with van der Waals surface area (Å²) in [4.78, 5) is 0. The average molecular weight is 350 g/mol. The van der Waals surface area contributed by atoms with E-state index in [4.69, 9.17) is 23.2 Å². The third-order valence-electron chi connectivity index (χ3n) is 2.46. The van der Waals surface area contributed by atoms with E-state index >= 15 is 0 Å². The lowest BCUT2D eigenvalue weighted by Crippen LogP contribution is -2.00. The number of halogens is 4. The van der Waals surface area contributed by atoms with Gasteiger partial charge in [0.25, 0.3) is 0 Å². The van der Waals surface area contributed by atoms with E-state index in [0.717, 1.165) is 0 Å². The van der Waals surface area contributed by atoms with Gasteiger partial charge in [0.1, 0.15) is 11.9 Å². The summed E-state index contributed by atoms with van der Waals surface area (Å²) in [5.41, 5.74) is 1.00. The third-order valence-corrected chi connectivity index (χ3v) is 3.66. The fourth-order valence-electron chi connectivity index (χ4n) is 1.61. The van der Waals surface area contributed by atoms with Crippen molar-refractivity contribution in [2.45, 2.75) is 6.10 Å². The molecule has 94 valence electrons. The van der Waals surface area contributed by atoms with Gasteiger partial charge in [0, 0.05) is 4.47 Å². The van der Waals surface area contributed by atoms with E-state index in [1.165, 1.54) is 12.1 Å². The summed E-state index contributed by atoms with van der Waals surface area (Å²) in [5, 5.41) is 10.9. The van der Waals surface area contributed by atoms with E-state index in [0.29, 0.717) is 25.6 Å². The largest absolute Gasteiger partial charge is 0.384 e. The molecule has 2 rings (SSSR count). The van der Waals surface area contributed by atoms with Gasteiger partial charge < -0.3 is 5.11 Å². The van der Waals surface area contributed by atoms with Crippen molar-refractivity contribution < 1.29 is 9.50 Å². The van der Waals surface area contributed by atoms with Crippen LogP contribution in [0.2, 0.25) is 10.0 Å². The molecule has 0 aliphatic heterocycles. The van der Waals surface area contributed by atoms with Gasteiger partial charge in [-0.1, -0.05) is 45.2 Å². The normalized spacial score (nSPS) is 12.5. The molecule has 0 amide bonds. The van der Waals surface area contributed by atoms with Crippen molar-refractivity contribution in [3.05, 3.63) is 67.9 Å². The molecule has 5 heteroatoms. The Morgan fingerprint density at radius 2 is 1.72 bits per heavy atom. The molecule has 0 saturated heterocycles. The predicted molar refractivity (Wildman–Crippen MR) is 74.6 cm³/mol. The summed E-state index contributed by atoms with van der Waals surface area (Å²) in [6, 6.07) is 9.06. The topological polar surface area (TPSA) is 20.2 Å². The summed E-state index contributed by atoms with van der Waals surface area (Å²) in [5.74, 6) is -0.418. The van der Waals surface area contributed by atoms with Crippen LogP contribution >= 0.6 is 39.1 Å². The van der Waals surface area contributed by atoms with Crippen LogP contribution in [0.4, 0.5) is 4.39 Å². The van der Waals surface area contributed by atoms with Crippen LogP contribution in [-0.4, -0.2) is 5.11 Å². The van der Waals surface area contributed by atoms with Crippen molar-refractivity contribution in [2.24, 2.45) is 0 Å². The summed E-state index contributed by atoms with van der Waals surface area (Å²) in [6.45, 7) is 0. The molecule has 1 atom stereocenters. The van der Waals surface area contributed by atoms with Gasteiger partial charge in [-0.25, -0.2) is 4.39 Å². The molecule has 1 unspecified atom stereocenters. The number of hydrogen-bond acceptors (Lipinski definition) is 1. The zero-order chi connectivity index (χ0) is 13.3. The first-order chi connectivity index (χ1) is 8.47. The Labute approximate surface area is 122 Å². The molecule has 0 aromatic heterocycles. The Morgan fingerprint density at radius 3 is 2.33 bits per heavy atom. The summed E-state index contributed by atoms with van der Waals surface area (Å²) >= 11 is 14.9. The Hall–Kier alpha value is -0.610. The highest BCUT2D eigenvalue weighted by Crippen LogP contribution is 2.30. The Balaban J connectivity index is 2.40. The fourth-order valence-corrected chi connectivity index (χ4v) is 2.40. The SMILES string of the molecule is OC(c1cc(F)cc(Br)c1)c1ccc(Cl)c(Cl)c1. The van der Waals surface area contributed by atoms with Gasteiger partial charge in [0.15, 0.2) is 0 Å². The van der Waals surface area contributed by atoms with Gasteiger partial charge in [-0.15, -0.1) is 0 Å². The third kappa shape index (κ3) is 3.04. The van der Waals surface area contributed by atoms with Gasteiger partial charge in [0.2, 0.25) is 0 Å². The number of aliphatic hydroxyl groups is 1. The second kappa shape index (κ2) is 5.57. The van der Waals surface area contributed by atoms with Crippen molar-refractivity contribution in [1.29, 1.82) is 0 Å². The lowest BCUT2D eigenvalue weighted by Gasteiger charge is -2.13. The molecular formula is C13H8BrCl2FO. The van der Waals surface area contributed by atoms with Gasteiger partial charge in [-0.05, 0) is 41.5 Å². The minimum absolute atomic E-state index is 0.351. The van der Waals surface area contributed by atoms with E-state index in [1.54, 1.807) is 24.3 Å². The monoisotopic (exact) mass is 348 g/mol. The van der Waals surface area contributed by atoms with Crippen molar-refractivity contribution in [1.82, 2.24) is 0 Å². The van der Waals surface area contributed by atoms with Crippen LogP contribution in [0.25, 0.3) is 0 Å². The summed E-state index contributed by atoms with van der Waals surface area (Å²) in [6.07, 6.45) is -0.952. The lowest BCUT2D eigenvalue weighted by molar-refractivity contribution is 0.219. The quantitative estimate of drug-likeness (QED) is 0.810. The first-order valence-corrected chi connectivity index (χ1v) is 6.61. The minimum Gasteiger partial charge on any atom is -0.384 e.